The molecule has 112 valence electrons. The molecule has 1 aliphatic heterocycles. The van der Waals surface area contributed by atoms with E-state index in [2.05, 4.69) is 10.3 Å². The Balaban J connectivity index is 2.05. The number of aromatic nitrogens is 2. The number of hydrogen-bond acceptors (Lipinski definition) is 2. The molecule has 0 spiro atoms. The lowest BCUT2D eigenvalue weighted by atomic mass is 10.1. The second-order valence-corrected chi connectivity index (χ2v) is 5.47. The van der Waals surface area contributed by atoms with Crippen molar-refractivity contribution in [3.8, 4) is 5.69 Å². The molecule has 0 saturated carbocycles. The number of hydrogen-bond donors (Lipinski definition) is 1. The standard InChI is InChI=1S/C14H13ClF3N3/c15-10-4-9(14(16,17)18)5-11(6-10)21-8-19-7-13(21)12-2-1-3-20-12/h4-8,12,20H,1-3H2. The third-order valence-electron chi connectivity index (χ3n) is 3.57. The minimum Gasteiger partial charge on any atom is -0.309 e. The molecule has 3 nitrogen and oxygen atoms in total. The molecule has 0 aliphatic carbocycles. The summed E-state index contributed by atoms with van der Waals surface area (Å²) in [5.41, 5.74) is 0.461. The molecule has 7 heteroatoms. The quantitative estimate of drug-likeness (QED) is 0.909. The first-order valence-electron chi connectivity index (χ1n) is 6.59. The van der Waals surface area contributed by atoms with Gasteiger partial charge in [-0.2, -0.15) is 13.2 Å². The minimum atomic E-state index is -4.42. The summed E-state index contributed by atoms with van der Waals surface area (Å²) in [5, 5.41) is 3.37. The number of imidazole rings is 1. The van der Waals surface area contributed by atoms with Crippen molar-refractivity contribution in [2.75, 3.05) is 6.54 Å². The van der Waals surface area contributed by atoms with Gasteiger partial charge in [0.15, 0.2) is 0 Å². The van der Waals surface area contributed by atoms with Crippen molar-refractivity contribution < 1.29 is 13.2 Å². The smallest absolute Gasteiger partial charge is 0.309 e. The molecule has 1 aliphatic rings. The summed E-state index contributed by atoms with van der Waals surface area (Å²) in [5.74, 6) is 0. The molecule has 1 atom stereocenters. The third-order valence-corrected chi connectivity index (χ3v) is 3.79. The van der Waals surface area contributed by atoms with E-state index >= 15 is 0 Å². The van der Waals surface area contributed by atoms with Crippen LogP contribution in [0.3, 0.4) is 0 Å². The third kappa shape index (κ3) is 2.91. The maximum atomic E-state index is 12.9. The second kappa shape index (κ2) is 5.35. The molecule has 2 aromatic rings. The van der Waals surface area contributed by atoms with Crippen LogP contribution in [0, 0.1) is 0 Å². The van der Waals surface area contributed by atoms with Crippen LogP contribution < -0.4 is 5.32 Å². The molecule has 1 unspecified atom stereocenters. The summed E-state index contributed by atoms with van der Waals surface area (Å²) in [7, 11) is 0. The molecule has 21 heavy (non-hydrogen) atoms. The number of halogens is 4. The van der Waals surface area contributed by atoms with Gasteiger partial charge in [0, 0.05) is 16.8 Å². The van der Waals surface area contributed by atoms with Crippen molar-refractivity contribution in [1.82, 2.24) is 14.9 Å². The molecular weight excluding hydrogens is 303 g/mol. The van der Waals surface area contributed by atoms with Gasteiger partial charge in [0.05, 0.1) is 23.8 Å². The van der Waals surface area contributed by atoms with Crippen LogP contribution >= 0.6 is 11.6 Å². The maximum Gasteiger partial charge on any atom is 0.416 e. The van der Waals surface area contributed by atoms with Crippen molar-refractivity contribution in [3.63, 3.8) is 0 Å². The second-order valence-electron chi connectivity index (χ2n) is 5.03. The van der Waals surface area contributed by atoms with Crippen LogP contribution in [0.25, 0.3) is 5.69 Å². The van der Waals surface area contributed by atoms with E-state index in [1.165, 1.54) is 12.4 Å². The molecule has 1 aromatic carbocycles. The Labute approximate surface area is 124 Å². The fourth-order valence-electron chi connectivity index (χ4n) is 2.59. The lowest BCUT2D eigenvalue weighted by molar-refractivity contribution is -0.137. The molecule has 1 saturated heterocycles. The lowest BCUT2D eigenvalue weighted by Crippen LogP contribution is -2.16. The number of nitrogens with one attached hydrogen (secondary N) is 1. The van der Waals surface area contributed by atoms with E-state index in [0.29, 0.717) is 5.69 Å². The van der Waals surface area contributed by atoms with E-state index < -0.39 is 11.7 Å². The first-order chi connectivity index (χ1) is 9.95. The zero-order valence-corrected chi connectivity index (χ0v) is 11.7. The van der Waals surface area contributed by atoms with Crippen LogP contribution in [-0.4, -0.2) is 16.1 Å². The van der Waals surface area contributed by atoms with Crippen LogP contribution in [0.5, 0.6) is 0 Å². The van der Waals surface area contributed by atoms with Gasteiger partial charge >= 0.3 is 6.18 Å². The molecular formula is C14H13ClF3N3. The SMILES string of the molecule is FC(F)(F)c1cc(Cl)cc(-n2cncc2C2CCCN2)c1. The first kappa shape index (κ1) is 14.4. The minimum absolute atomic E-state index is 0.0545. The van der Waals surface area contributed by atoms with Crippen LogP contribution in [0.1, 0.15) is 30.1 Å². The molecule has 1 N–H and O–H groups in total. The van der Waals surface area contributed by atoms with Gasteiger partial charge in [0.2, 0.25) is 0 Å². The van der Waals surface area contributed by atoms with Crippen molar-refractivity contribution >= 4 is 11.6 Å². The number of alkyl halides is 3. The Morgan fingerprint density at radius 3 is 2.76 bits per heavy atom. The van der Waals surface area contributed by atoms with E-state index in [0.717, 1.165) is 37.2 Å². The molecule has 0 amide bonds. The van der Waals surface area contributed by atoms with E-state index in [1.807, 2.05) is 0 Å². The molecule has 3 rings (SSSR count). The fourth-order valence-corrected chi connectivity index (χ4v) is 2.82. The van der Waals surface area contributed by atoms with Crippen molar-refractivity contribution in [2.45, 2.75) is 25.1 Å². The highest BCUT2D eigenvalue weighted by Gasteiger charge is 2.31. The average Bonchev–Trinajstić information content (AvgIpc) is 3.07. The van der Waals surface area contributed by atoms with Gasteiger partial charge in [-0.25, -0.2) is 4.98 Å². The number of rotatable bonds is 2. The molecule has 2 heterocycles. The van der Waals surface area contributed by atoms with E-state index in [9.17, 15) is 13.2 Å². The number of benzene rings is 1. The Morgan fingerprint density at radius 2 is 2.10 bits per heavy atom. The Bertz CT molecular complexity index is 645. The van der Waals surface area contributed by atoms with Crippen molar-refractivity contribution in [1.29, 1.82) is 0 Å². The van der Waals surface area contributed by atoms with Gasteiger partial charge in [0.25, 0.3) is 0 Å². The molecule has 0 bridgehead atoms. The van der Waals surface area contributed by atoms with Crippen LogP contribution in [0.4, 0.5) is 13.2 Å². The van der Waals surface area contributed by atoms with E-state index in [-0.39, 0.29) is 11.1 Å². The summed E-state index contributed by atoms with van der Waals surface area (Å²) in [6, 6.07) is 3.64. The summed E-state index contributed by atoms with van der Waals surface area (Å²) < 4.78 is 40.3. The van der Waals surface area contributed by atoms with Gasteiger partial charge in [-0.15, -0.1) is 0 Å². The predicted octanol–water partition coefficient (Wildman–Crippen LogP) is 3.97. The summed E-state index contributed by atoms with van der Waals surface area (Å²) in [6.45, 7) is 0.902. The van der Waals surface area contributed by atoms with Gasteiger partial charge in [0.1, 0.15) is 0 Å². The molecule has 1 fully saturated rings. The van der Waals surface area contributed by atoms with Crippen LogP contribution in [0.2, 0.25) is 5.02 Å². The highest BCUT2D eigenvalue weighted by Crippen LogP contribution is 2.34. The van der Waals surface area contributed by atoms with Gasteiger partial charge in [-0.05, 0) is 37.6 Å². The topological polar surface area (TPSA) is 29.9 Å². The Hall–Kier alpha value is -1.53. The first-order valence-corrected chi connectivity index (χ1v) is 6.97. The summed E-state index contributed by atoms with van der Waals surface area (Å²) in [6.07, 6.45) is 0.752. The maximum absolute atomic E-state index is 12.9. The summed E-state index contributed by atoms with van der Waals surface area (Å²) in [4.78, 5) is 4.06. The zero-order valence-electron chi connectivity index (χ0n) is 11.0. The predicted molar refractivity (Wildman–Crippen MR) is 73.6 cm³/mol. The van der Waals surface area contributed by atoms with Gasteiger partial charge in [-0.3, -0.25) is 0 Å². The lowest BCUT2D eigenvalue weighted by Gasteiger charge is -2.16. The van der Waals surface area contributed by atoms with Crippen molar-refractivity contribution in [2.24, 2.45) is 0 Å². The van der Waals surface area contributed by atoms with Gasteiger partial charge < -0.3 is 9.88 Å². The normalized spacial score (nSPS) is 19.1. The van der Waals surface area contributed by atoms with Crippen LogP contribution in [-0.2, 0) is 6.18 Å². The van der Waals surface area contributed by atoms with Gasteiger partial charge in [-0.1, -0.05) is 11.6 Å². The Morgan fingerprint density at radius 1 is 1.29 bits per heavy atom. The molecule has 0 radical (unpaired) electrons. The number of nitrogens with zero attached hydrogens (tertiary/aromatic N) is 2. The average molecular weight is 316 g/mol. The fraction of sp³-hybridized carbons (Fsp3) is 0.357. The monoisotopic (exact) mass is 315 g/mol. The highest BCUT2D eigenvalue weighted by atomic mass is 35.5. The highest BCUT2D eigenvalue weighted by molar-refractivity contribution is 6.30. The largest absolute Gasteiger partial charge is 0.416 e. The van der Waals surface area contributed by atoms with Crippen LogP contribution in [0.15, 0.2) is 30.7 Å². The zero-order chi connectivity index (χ0) is 15.0. The van der Waals surface area contributed by atoms with E-state index in [4.69, 9.17) is 11.6 Å². The van der Waals surface area contributed by atoms with Crippen molar-refractivity contribution in [3.05, 3.63) is 47.0 Å². The molecule has 1 aromatic heterocycles. The summed E-state index contributed by atoms with van der Waals surface area (Å²) >= 11 is 5.84. The van der Waals surface area contributed by atoms with E-state index in [1.54, 1.807) is 10.8 Å². The Kier molecular flexibility index (Phi) is 3.67.